The highest BCUT2D eigenvalue weighted by Gasteiger charge is 2.46. The van der Waals surface area contributed by atoms with E-state index in [1.807, 2.05) is 62.4 Å². The maximum Gasteiger partial charge on any atom is 0.194 e. The van der Waals surface area contributed by atoms with Gasteiger partial charge in [0.05, 0.1) is 23.4 Å². The summed E-state index contributed by atoms with van der Waals surface area (Å²) in [4.78, 5) is 13.1. The molecule has 0 aromatic heterocycles. The summed E-state index contributed by atoms with van der Waals surface area (Å²) in [5, 5.41) is 6.99. The molecular formula is C20H18N2O2S. The molecule has 1 atom stereocenters. The Kier molecular flexibility index (Phi) is 3.62. The zero-order valence-electron chi connectivity index (χ0n) is 14.1. The largest absolute Gasteiger partial charge is 0.494 e. The number of hydrogen-bond acceptors (Lipinski definition) is 3. The number of carbonyl (C=O) groups is 1. The minimum Gasteiger partial charge on any atom is -0.494 e. The minimum absolute atomic E-state index is 0.0254. The Morgan fingerprint density at radius 3 is 2.64 bits per heavy atom. The number of rotatable bonds is 3. The number of benzene rings is 2. The van der Waals surface area contributed by atoms with Gasteiger partial charge in [-0.15, -0.1) is 0 Å². The molecule has 0 radical (unpaired) electrons. The van der Waals surface area contributed by atoms with Crippen LogP contribution in [0.1, 0.15) is 35.3 Å². The summed E-state index contributed by atoms with van der Waals surface area (Å²) in [7, 11) is 0. The number of ketones is 1. The minimum atomic E-state index is -0.721. The first-order valence-electron chi connectivity index (χ1n) is 8.26. The van der Waals surface area contributed by atoms with E-state index in [0.717, 1.165) is 22.6 Å². The highest BCUT2D eigenvalue weighted by Crippen LogP contribution is 2.43. The third kappa shape index (κ3) is 2.35. The van der Waals surface area contributed by atoms with Gasteiger partial charge in [0, 0.05) is 11.1 Å². The number of fused-ring (bicyclic) bond motifs is 2. The van der Waals surface area contributed by atoms with E-state index in [1.165, 1.54) is 0 Å². The summed E-state index contributed by atoms with van der Waals surface area (Å²) >= 11 is 5.43. The molecule has 1 heterocycles. The van der Waals surface area contributed by atoms with Crippen molar-refractivity contribution in [2.24, 2.45) is 0 Å². The Bertz CT molecular complexity index is 935. The van der Waals surface area contributed by atoms with Crippen molar-refractivity contribution in [3.05, 3.63) is 70.8 Å². The Morgan fingerprint density at radius 2 is 1.88 bits per heavy atom. The number of ether oxygens (including phenoxy) is 1. The van der Waals surface area contributed by atoms with Crippen LogP contribution < -0.4 is 15.4 Å². The van der Waals surface area contributed by atoms with Gasteiger partial charge in [-0.1, -0.05) is 36.4 Å². The molecule has 0 amide bonds. The average molecular weight is 350 g/mol. The zero-order chi connectivity index (χ0) is 17.6. The first-order chi connectivity index (χ1) is 12.0. The fourth-order valence-electron chi connectivity index (χ4n) is 3.60. The van der Waals surface area contributed by atoms with E-state index in [1.54, 1.807) is 0 Å². The number of thiocarbonyl (C=S) groups is 1. The van der Waals surface area contributed by atoms with Crippen molar-refractivity contribution in [3.8, 4) is 5.75 Å². The lowest BCUT2D eigenvalue weighted by Gasteiger charge is -2.38. The Hall–Kier alpha value is -2.66. The molecule has 0 saturated heterocycles. The molecule has 0 saturated carbocycles. The van der Waals surface area contributed by atoms with E-state index in [9.17, 15) is 4.79 Å². The topological polar surface area (TPSA) is 50.4 Å². The third-order valence-electron chi connectivity index (χ3n) is 4.74. The fraction of sp³-hybridized carbons (Fsp3) is 0.200. The van der Waals surface area contributed by atoms with Crippen molar-refractivity contribution >= 4 is 28.8 Å². The monoisotopic (exact) mass is 350 g/mol. The van der Waals surface area contributed by atoms with E-state index in [4.69, 9.17) is 17.0 Å². The van der Waals surface area contributed by atoms with Gasteiger partial charge in [0.1, 0.15) is 5.75 Å². The van der Waals surface area contributed by atoms with E-state index in [-0.39, 0.29) is 5.78 Å². The molecular weight excluding hydrogens is 332 g/mol. The van der Waals surface area contributed by atoms with E-state index in [2.05, 4.69) is 10.6 Å². The van der Waals surface area contributed by atoms with Crippen molar-refractivity contribution in [1.29, 1.82) is 0 Å². The first kappa shape index (κ1) is 15.8. The van der Waals surface area contributed by atoms with Crippen LogP contribution in [0.25, 0.3) is 5.70 Å². The number of Topliss-reactive ketones (excluding diaryl/α,β-unsaturated/α-hetero) is 1. The Balaban J connectivity index is 1.90. The highest BCUT2D eigenvalue weighted by atomic mass is 32.1. The van der Waals surface area contributed by atoms with Gasteiger partial charge < -0.3 is 15.4 Å². The maximum atomic E-state index is 13.1. The second-order valence-corrected chi connectivity index (χ2v) is 6.70. The Morgan fingerprint density at radius 1 is 1.12 bits per heavy atom. The van der Waals surface area contributed by atoms with Crippen molar-refractivity contribution in [1.82, 2.24) is 10.6 Å². The summed E-state index contributed by atoms with van der Waals surface area (Å²) in [6.45, 7) is 4.53. The van der Waals surface area contributed by atoms with Gasteiger partial charge in [-0.3, -0.25) is 4.79 Å². The summed E-state index contributed by atoms with van der Waals surface area (Å²) in [6, 6.07) is 15.4. The third-order valence-corrected chi connectivity index (χ3v) is 4.95. The molecule has 1 aliphatic carbocycles. The fourth-order valence-corrected chi connectivity index (χ4v) is 3.91. The molecule has 1 aliphatic heterocycles. The SMILES string of the molecule is CCOc1cccc(C2(C)NC(=S)NC3=C2C(=O)c2ccccc23)c1. The van der Waals surface area contributed by atoms with Crippen LogP contribution in [0.5, 0.6) is 5.75 Å². The molecule has 25 heavy (non-hydrogen) atoms. The quantitative estimate of drug-likeness (QED) is 0.831. The number of hydrogen-bond donors (Lipinski definition) is 2. The molecule has 1 unspecified atom stereocenters. The second kappa shape index (κ2) is 5.70. The van der Waals surface area contributed by atoms with Gasteiger partial charge in [-0.05, 0) is 43.8 Å². The van der Waals surface area contributed by atoms with Gasteiger partial charge in [0.2, 0.25) is 0 Å². The van der Waals surface area contributed by atoms with Crippen LogP contribution in [0.4, 0.5) is 0 Å². The highest BCUT2D eigenvalue weighted by molar-refractivity contribution is 7.80. The van der Waals surface area contributed by atoms with Crippen molar-refractivity contribution in [2.75, 3.05) is 6.61 Å². The van der Waals surface area contributed by atoms with Crippen LogP contribution in [0.2, 0.25) is 0 Å². The van der Waals surface area contributed by atoms with Crippen LogP contribution in [0, 0.1) is 0 Å². The summed E-state index contributed by atoms with van der Waals surface area (Å²) < 4.78 is 5.63. The molecule has 4 rings (SSSR count). The van der Waals surface area contributed by atoms with Crippen LogP contribution >= 0.6 is 12.2 Å². The predicted molar refractivity (Wildman–Crippen MR) is 102 cm³/mol. The van der Waals surface area contributed by atoms with Gasteiger partial charge in [0.25, 0.3) is 0 Å². The smallest absolute Gasteiger partial charge is 0.194 e. The molecule has 2 aromatic rings. The van der Waals surface area contributed by atoms with Crippen LogP contribution in [-0.4, -0.2) is 17.5 Å². The normalized spacial score (nSPS) is 21.4. The van der Waals surface area contributed by atoms with Crippen molar-refractivity contribution in [3.63, 3.8) is 0 Å². The summed E-state index contributed by atoms with van der Waals surface area (Å²) in [6.07, 6.45) is 0. The van der Waals surface area contributed by atoms with Crippen molar-refractivity contribution in [2.45, 2.75) is 19.4 Å². The van der Waals surface area contributed by atoms with E-state index >= 15 is 0 Å². The van der Waals surface area contributed by atoms with Crippen LogP contribution in [0.3, 0.4) is 0 Å². The van der Waals surface area contributed by atoms with Gasteiger partial charge in [0.15, 0.2) is 10.9 Å². The standard InChI is InChI=1S/C20H18N2O2S/c1-3-24-13-8-6-7-12(11-13)20(2)16-17(21-19(25)22-20)14-9-4-5-10-15(14)18(16)23/h4-11H,3H2,1-2H3,(H2,21,22,25). The predicted octanol–water partition coefficient (Wildman–Crippen LogP) is 3.39. The van der Waals surface area contributed by atoms with Crippen LogP contribution in [-0.2, 0) is 5.54 Å². The Labute approximate surface area is 151 Å². The molecule has 0 bridgehead atoms. The van der Waals surface area contributed by atoms with Crippen LogP contribution in [0.15, 0.2) is 54.1 Å². The zero-order valence-corrected chi connectivity index (χ0v) is 14.9. The molecule has 2 aromatic carbocycles. The lowest BCUT2D eigenvalue weighted by molar-refractivity contribution is 0.102. The first-order valence-corrected chi connectivity index (χ1v) is 8.67. The maximum absolute atomic E-state index is 13.1. The molecule has 126 valence electrons. The second-order valence-electron chi connectivity index (χ2n) is 6.29. The lowest BCUT2D eigenvalue weighted by Crippen LogP contribution is -2.54. The molecule has 0 fully saturated rings. The lowest BCUT2D eigenvalue weighted by atomic mass is 9.81. The van der Waals surface area contributed by atoms with Gasteiger partial charge in [-0.2, -0.15) is 0 Å². The number of carbonyl (C=O) groups excluding carboxylic acids is 1. The molecule has 0 spiro atoms. The summed E-state index contributed by atoms with van der Waals surface area (Å²) in [5.41, 5.74) is 3.32. The van der Waals surface area contributed by atoms with Crippen molar-refractivity contribution < 1.29 is 9.53 Å². The average Bonchev–Trinajstić information content (AvgIpc) is 2.89. The van der Waals surface area contributed by atoms with Gasteiger partial charge in [-0.25, -0.2) is 0 Å². The summed E-state index contributed by atoms with van der Waals surface area (Å²) in [5.74, 6) is 0.801. The van der Waals surface area contributed by atoms with E-state index < -0.39 is 5.54 Å². The molecule has 2 aliphatic rings. The van der Waals surface area contributed by atoms with E-state index in [0.29, 0.717) is 22.9 Å². The molecule has 5 heteroatoms. The molecule has 4 nitrogen and oxygen atoms in total. The molecule has 2 N–H and O–H groups in total. The number of nitrogens with one attached hydrogen (secondary N) is 2. The van der Waals surface area contributed by atoms with Gasteiger partial charge >= 0.3 is 0 Å².